The molecule has 0 bridgehead atoms. The van der Waals surface area contributed by atoms with Crippen molar-refractivity contribution in [2.45, 2.75) is 38.4 Å². The van der Waals surface area contributed by atoms with E-state index in [-0.39, 0.29) is 0 Å². The highest BCUT2D eigenvalue weighted by Gasteiger charge is 2.25. The molecule has 23 heavy (non-hydrogen) atoms. The van der Waals surface area contributed by atoms with Crippen LogP contribution in [0.1, 0.15) is 36.2 Å². The molecule has 3 heterocycles. The fraction of sp³-hybridized carbons (Fsp3) is 0.625. The summed E-state index contributed by atoms with van der Waals surface area (Å²) in [5.41, 5.74) is 0. The molecule has 1 N–H and O–H groups in total. The zero-order valence-electron chi connectivity index (χ0n) is 13.4. The molecule has 7 heteroatoms. The van der Waals surface area contributed by atoms with Gasteiger partial charge in [0, 0.05) is 12.5 Å². The van der Waals surface area contributed by atoms with Gasteiger partial charge in [0.15, 0.2) is 5.82 Å². The topological polar surface area (TPSA) is 84.8 Å². The summed E-state index contributed by atoms with van der Waals surface area (Å²) >= 11 is 0. The largest absolute Gasteiger partial charge is 0.467 e. The van der Waals surface area contributed by atoms with Crippen molar-refractivity contribution in [2.24, 2.45) is 0 Å². The van der Waals surface area contributed by atoms with Crippen LogP contribution >= 0.6 is 0 Å². The Labute approximate surface area is 135 Å². The molecular weight excluding hydrogens is 298 g/mol. The number of furan rings is 1. The number of hydrogen-bond donors (Lipinski definition) is 1. The smallest absolute Gasteiger partial charge is 0.229 e. The molecule has 0 aliphatic carbocycles. The Morgan fingerprint density at radius 2 is 2.26 bits per heavy atom. The molecule has 1 atom stereocenters. The van der Waals surface area contributed by atoms with Gasteiger partial charge in [0.05, 0.1) is 19.0 Å². The minimum atomic E-state index is -0.493. The van der Waals surface area contributed by atoms with Crippen LogP contribution in [0.4, 0.5) is 0 Å². The van der Waals surface area contributed by atoms with Crippen molar-refractivity contribution < 1.29 is 18.8 Å². The number of likely N-dealkylation sites (tertiary alicyclic amines) is 1. The van der Waals surface area contributed by atoms with Gasteiger partial charge < -0.3 is 23.7 Å². The van der Waals surface area contributed by atoms with Crippen LogP contribution in [0.5, 0.6) is 0 Å². The molecule has 0 saturated carbocycles. The second-order valence-electron chi connectivity index (χ2n) is 6.00. The Kier molecular flexibility index (Phi) is 5.43. The lowest BCUT2D eigenvalue weighted by molar-refractivity contribution is 0.00129. The van der Waals surface area contributed by atoms with Crippen LogP contribution in [-0.2, 0) is 11.3 Å². The van der Waals surface area contributed by atoms with Gasteiger partial charge in [-0.3, -0.25) is 0 Å². The van der Waals surface area contributed by atoms with E-state index in [2.05, 4.69) is 15.0 Å². The first-order valence-electron chi connectivity index (χ1n) is 8.01. The molecule has 2 aromatic rings. The first-order valence-corrected chi connectivity index (χ1v) is 8.01. The van der Waals surface area contributed by atoms with Crippen LogP contribution in [0.15, 0.2) is 27.3 Å². The van der Waals surface area contributed by atoms with E-state index in [0.717, 1.165) is 37.6 Å². The third-order valence-electron chi connectivity index (χ3n) is 4.08. The molecule has 1 aliphatic heterocycles. The molecule has 0 aromatic carbocycles. The van der Waals surface area contributed by atoms with Crippen LogP contribution in [0.3, 0.4) is 0 Å². The fourth-order valence-electron chi connectivity index (χ4n) is 2.88. The van der Waals surface area contributed by atoms with Crippen molar-refractivity contribution in [2.75, 3.05) is 26.2 Å². The predicted molar refractivity (Wildman–Crippen MR) is 81.8 cm³/mol. The maximum Gasteiger partial charge on any atom is 0.229 e. The molecule has 2 aromatic heterocycles. The average Bonchev–Trinajstić information content (AvgIpc) is 3.20. The number of rotatable bonds is 7. The summed E-state index contributed by atoms with van der Waals surface area (Å²) in [4.78, 5) is 6.56. The Morgan fingerprint density at radius 1 is 1.43 bits per heavy atom. The number of piperidine rings is 1. The van der Waals surface area contributed by atoms with E-state index in [4.69, 9.17) is 13.7 Å². The zero-order chi connectivity index (χ0) is 16.1. The Bertz CT molecular complexity index is 576. The van der Waals surface area contributed by atoms with Crippen molar-refractivity contribution in [1.29, 1.82) is 0 Å². The number of aliphatic hydroxyl groups excluding tert-OH is 1. The summed E-state index contributed by atoms with van der Waals surface area (Å²) in [7, 11) is 0. The predicted octanol–water partition coefficient (Wildman–Crippen LogP) is 1.73. The highest BCUT2D eigenvalue weighted by molar-refractivity contribution is 4.96. The quantitative estimate of drug-likeness (QED) is 0.831. The first kappa shape index (κ1) is 16.2. The fourth-order valence-corrected chi connectivity index (χ4v) is 2.88. The molecular formula is C16H23N3O4. The van der Waals surface area contributed by atoms with Crippen molar-refractivity contribution >= 4 is 0 Å². The molecule has 0 spiro atoms. The molecule has 7 nitrogen and oxygen atoms in total. The van der Waals surface area contributed by atoms with Crippen LogP contribution in [0.25, 0.3) is 0 Å². The van der Waals surface area contributed by atoms with Crippen LogP contribution < -0.4 is 0 Å². The normalized spacial score (nSPS) is 18.3. The van der Waals surface area contributed by atoms with E-state index in [1.54, 1.807) is 6.26 Å². The van der Waals surface area contributed by atoms with Gasteiger partial charge in [0.2, 0.25) is 5.89 Å². The lowest BCUT2D eigenvalue weighted by Crippen LogP contribution is -2.39. The Morgan fingerprint density at radius 3 is 2.91 bits per heavy atom. The lowest BCUT2D eigenvalue weighted by atomic mass is 9.96. The average molecular weight is 321 g/mol. The maximum absolute atomic E-state index is 10.1. The summed E-state index contributed by atoms with van der Waals surface area (Å²) in [5, 5.41) is 13.9. The molecule has 1 unspecified atom stereocenters. The van der Waals surface area contributed by atoms with Crippen molar-refractivity contribution in [1.82, 2.24) is 15.0 Å². The summed E-state index contributed by atoms with van der Waals surface area (Å²) in [5.74, 6) is 2.53. The Hall–Kier alpha value is -1.70. The molecule has 1 saturated heterocycles. The summed E-state index contributed by atoms with van der Waals surface area (Å²) < 4.78 is 15.9. The molecule has 0 radical (unpaired) electrons. The van der Waals surface area contributed by atoms with E-state index in [1.807, 2.05) is 19.1 Å². The summed E-state index contributed by atoms with van der Waals surface area (Å²) in [6, 6.07) is 3.68. The summed E-state index contributed by atoms with van der Waals surface area (Å²) in [6.45, 7) is 4.99. The van der Waals surface area contributed by atoms with Crippen LogP contribution in [0, 0.1) is 6.92 Å². The number of hydrogen-bond acceptors (Lipinski definition) is 7. The van der Waals surface area contributed by atoms with E-state index >= 15 is 0 Å². The minimum Gasteiger partial charge on any atom is -0.467 e. The second-order valence-corrected chi connectivity index (χ2v) is 6.00. The highest BCUT2D eigenvalue weighted by Crippen LogP contribution is 2.26. The third-order valence-corrected chi connectivity index (χ3v) is 4.08. The van der Waals surface area contributed by atoms with Gasteiger partial charge in [-0.1, -0.05) is 5.16 Å². The SMILES string of the molecule is Cc1noc(C2CCN(CC(O)COCc3ccco3)CC2)n1. The van der Waals surface area contributed by atoms with Crippen molar-refractivity contribution in [3.8, 4) is 0 Å². The number of β-amino-alcohol motifs (C(OH)–C–C–N with tert-alkyl or cyclic N) is 1. The first-order chi connectivity index (χ1) is 11.2. The molecule has 3 rings (SSSR count). The maximum atomic E-state index is 10.1. The molecule has 126 valence electrons. The lowest BCUT2D eigenvalue weighted by Gasteiger charge is -2.31. The van der Waals surface area contributed by atoms with E-state index < -0.39 is 6.10 Å². The van der Waals surface area contributed by atoms with Crippen molar-refractivity contribution in [3.05, 3.63) is 35.9 Å². The number of nitrogens with zero attached hydrogens (tertiary/aromatic N) is 3. The van der Waals surface area contributed by atoms with E-state index in [0.29, 0.717) is 31.5 Å². The number of aromatic nitrogens is 2. The van der Waals surface area contributed by atoms with Crippen LogP contribution in [-0.4, -0.2) is 52.5 Å². The van der Waals surface area contributed by atoms with Gasteiger partial charge in [0.1, 0.15) is 12.4 Å². The van der Waals surface area contributed by atoms with Crippen molar-refractivity contribution in [3.63, 3.8) is 0 Å². The standard InChI is InChI=1S/C16H23N3O4/c1-12-17-16(23-18-12)13-4-6-19(7-5-13)9-14(20)10-21-11-15-3-2-8-22-15/h2-3,8,13-14,20H,4-7,9-11H2,1H3. The zero-order valence-corrected chi connectivity index (χ0v) is 13.4. The van der Waals surface area contributed by atoms with Gasteiger partial charge in [-0.2, -0.15) is 4.98 Å². The second kappa shape index (κ2) is 7.72. The molecule has 1 fully saturated rings. The number of ether oxygens (including phenoxy) is 1. The van der Waals surface area contributed by atoms with E-state index in [9.17, 15) is 5.11 Å². The van der Waals surface area contributed by atoms with Gasteiger partial charge in [-0.05, 0) is 45.0 Å². The Balaban J connectivity index is 1.35. The minimum absolute atomic E-state index is 0.309. The van der Waals surface area contributed by atoms with E-state index in [1.165, 1.54) is 0 Å². The number of aryl methyl sites for hydroxylation is 1. The monoisotopic (exact) mass is 321 g/mol. The number of aliphatic hydroxyl groups is 1. The van der Waals surface area contributed by atoms with Gasteiger partial charge >= 0.3 is 0 Å². The van der Waals surface area contributed by atoms with Crippen LogP contribution in [0.2, 0.25) is 0 Å². The molecule has 1 aliphatic rings. The highest BCUT2D eigenvalue weighted by atomic mass is 16.5. The van der Waals surface area contributed by atoms with Gasteiger partial charge in [0.25, 0.3) is 0 Å². The summed E-state index contributed by atoms with van der Waals surface area (Å²) in [6.07, 6.45) is 3.07. The van der Waals surface area contributed by atoms with Gasteiger partial charge in [-0.25, -0.2) is 0 Å². The third kappa shape index (κ3) is 4.63. The van der Waals surface area contributed by atoms with Gasteiger partial charge in [-0.15, -0.1) is 0 Å². The molecule has 0 amide bonds.